The molecule has 0 spiro atoms. The van der Waals surface area contributed by atoms with E-state index in [0.717, 1.165) is 17.3 Å². The van der Waals surface area contributed by atoms with Gasteiger partial charge in [-0.1, -0.05) is 27.5 Å². The Hall–Kier alpha value is -2.12. The van der Waals surface area contributed by atoms with Crippen molar-refractivity contribution in [2.24, 2.45) is 0 Å². The Morgan fingerprint density at radius 3 is 2.77 bits per heavy atom. The van der Waals surface area contributed by atoms with Gasteiger partial charge in [-0.25, -0.2) is 0 Å². The van der Waals surface area contributed by atoms with Crippen molar-refractivity contribution in [3.63, 3.8) is 0 Å². The molecule has 0 radical (unpaired) electrons. The summed E-state index contributed by atoms with van der Waals surface area (Å²) in [4.78, 5) is 14.5. The Labute approximate surface area is 163 Å². The first-order valence-corrected chi connectivity index (χ1v) is 9.40. The number of aromatic nitrogens is 2. The van der Waals surface area contributed by atoms with E-state index < -0.39 is 0 Å². The molecule has 3 heterocycles. The van der Waals surface area contributed by atoms with Gasteiger partial charge in [0.1, 0.15) is 0 Å². The molecule has 1 saturated heterocycles. The first-order valence-electron chi connectivity index (χ1n) is 8.23. The van der Waals surface area contributed by atoms with E-state index in [4.69, 9.17) is 20.4 Å². The lowest BCUT2D eigenvalue weighted by Crippen LogP contribution is -2.38. The number of carbonyl (C=O) groups is 1. The molecule has 1 aromatic carbocycles. The van der Waals surface area contributed by atoms with E-state index in [1.54, 1.807) is 30.5 Å². The number of carbonyl (C=O) groups excluding carboxylic acids is 1. The van der Waals surface area contributed by atoms with Crippen LogP contribution in [-0.4, -0.2) is 34.1 Å². The second-order valence-electron chi connectivity index (χ2n) is 6.11. The average molecular weight is 437 g/mol. The van der Waals surface area contributed by atoms with E-state index in [0.29, 0.717) is 41.2 Å². The van der Waals surface area contributed by atoms with Gasteiger partial charge in [-0.2, -0.15) is 0 Å². The smallest absolute Gasteiger partial charge is 0.283 e. The molecule has 3 aromatic rings. The van der Waals surface area contributed by atoms with Gasteiger partial charge in [-0.05, 0) is 43.2 Å². The summed E-state index contributed by atoms with van der Waals surface area (Å²) >= 11 is 9.56. The molecule has 2 aromatic heterocycles. The number of hydrogen-bond donors (Lipinski definition) is 0. The van der Waals surface area contributed by atoms with Gasteiger partial charge < -0.3 is 13.7 Å². The highest BCUT2D eigenvalue weighted by Crippen LogP contribution is 2.31. The first-order chi connectivity index (χ1) is 12.6. The van der Waals surface area contributed by atoms with E-state index in [-0.39, 0.29) is 11.8 Å². The van der Waals surface area contributed by atoms with Crippen LogP contribution >= 0.6 is 27.5 Å². The van der Waals surface area contributed by atoms with E-state index in [1.165, 1.54) is 0 Å². The summed E-state index contributed by atoms with van der Waals surface area (Å²) in [7, 11) is 0. The van der Waals surface area contributed by atoms with Crippen LogP contribution in [0.3, 0.4) is 0 Å². The van der Waals surface area contributed by atoms with Crippen LogP contribution < -0.4 is 0 Å². The van der Waals surface area contributed by atoms with Crippen molar-refractivity contribution in [1.29, 1.82) is 0 Å². The second-order valence-corrected chi connectivity index (χ2v) is 7.44. The molecule has 6 nitrogen and oxygen atoms in total. The number of hydrogen-bond acceptors (Lipinski definition) is 5. The average Bonchev–Trinajstić information content (AvgIpc) is 3.35. The number of rotatable bonds is 3. The summed E-state index contributed by atoms with van der Waals surface area (Å²) in [6, 6.07) is 8.85. The maximum atomic E-state index is 12.7. The summed E-state index contributed by atoms with van der Waals surface area (Å²) in [5.74, 6) is 1.60. The van der Waals surface area contributed by atoms with Crippen LogP contribution in [0.4, 0.5) is 0 Å². The van der Waals surface area contributed by atoms with Crippen molar-refractivity contribution in [1.82, 2.24) is 15.1 Å². The zero-order chi connectivity index (χ0) is 18.1. The lowest BCUT2D eigenvalue weighted by Gasteiger charge is -2.30. The van der Waals surface area contributed by atoms with E-state index in [2.05, 4.69) is 26.1 Å². The first kappa shape index (κ1) is 17.3. The number of nitrogens with zero attached hydrogens (tertiary/aromatic N) is 3. The minimum Gasteiger partial charge on any atom is -0.459 e. The number of amides is 1. The molecular formula is C18H15BrClN3O3. The number of benzene rings is 1. The van der Waals surface area contributed by atoms with Crippen molar-refractivity contribution >= 4 is 33.4 Å². The normalized spacial score (nSPS) is 15.4. The third-order valence-electron chi connectivity index (χ3n) is 4.46. The molecule has 1 amide bonds. The highest BCUT2D eigenvalue weighted by molar-refractivity contribution is 9.10. The second kappa shape index (κ2) is 7.25. The molecule has 0 saturated carbocycles. The molecule has 0 bridgehead atoms. The van der Waals surface area contributed by atoms with Gasteiger partial charge in [-0.15, -0.1) is 10.2 Å². The van der Waals surface area contributed by atoms with Crippen LogP contribution in [0, 0.1) is 0 Å². The maximum Gasteiger partial charge on any atom is 0.283 e. The summed E-state index contributed by atoms with van der Waals surface area (Å²) in [6.45, 7) is 1.23. The van der Waals surface area contributed by atoms with Gasteiger partial charge in [0.2, 0.25) is 5.89 Å². The quantitative estimate of drug-likeness (QED) is 0.591. The highest BCUT2D eigenvalue weighted by atomic mass is 79.9. The van der Waals surface area contributed by atoms with Crippen molar-refractivity contribution < 1.29 is 13.6 Å². The van der Waals surface area contributed by atoms with Gasteiger partial charge in [-0.3, -0.25) is 4.79 Å². The van der Waals surface area contributed by atoms with Crippen LogP contribution in [-0.2, 0) is 0 Å². The molecule has 1 aliphatic heterocycles. The molecule has 134 valence electrons. The monoisotopic (exact) mass is 435 g/mol. The molecule has 4 rings (SSSR count). The van der Waals surface area contributed by atoms with Crippen LogP contribution in [0.25, 0.3) is 11.7 Å². The van der Waals surface area contributed by atoms with Crippen molar-refractivity contribution in [2.75, 3.05) is 13.1 Å². The highest BCUT2D eigenvalue weighted by Gasteiger charge is 2.29. The van der Waals surface area contributed by atoms with Crippen molar-refractivity contribution in [3.8, 4) is 11.7 Å². The molecule has 0 unspecified atom stereocenters. The fourth-order valence-corrected chi connectivity index (χ4v) is 3.62. The van der Waals surface area contributed by atoms with Crippen LogP contribution in [0.5, 0.6) is 0 Å². The van der Waals surface area contributed by atoms with Gasteiger partial charge in [0.05, 0.1) is 16.8 Å². The predicted molar refractivity (Wildman–Crippen MR) is 99.0 cm³/mol. The van der Waals surface area contributed by atoms with E-state index >= 15 is 0 Å². The van der Waals surface area contributed by atoms with Crippen LogP contribution in [0.2, 0.25) is 5.02 Å². The zero-order valence-electron chi connectivity index (χ0n) is 13.7. The Balaban J connectivity index is 1.43. The summed E-state index contributed by atoms with van der Waals surface area (Å²) < 4.78 is 11.8. The number of likely N-dealkylation sites (tertiary alicyclic amines) is 1. The standard InChI is InChI=1S/C18H15BrClN3O3/c19-12-3-4-14(20)13(10-12)18(24)23-7-5-11(6-8-23)16-21-22-17(26-16)15-2-1-9-25-15/h1-4,9-11H,5-8H2. The lowest BCUT2D eigenvalue weighted by molar-refractivity contribution is 0.0706. The fraction of sp³-hybridized carbons (Fsp3) is 0.278. The maximum absolute atomic E-state index is 12.7. The molecular weight excluding hydrogens is 422 g/mol. The van der Waals surface area contributed by atoms with Gasteiger partial charge >= 0.3 is 0 Å². The van der Waals surface area contributed by atoms with E-state index in [9.17, 15) is 4.79 Å². The van der Waals surface area contributed by atoms with Crippen LogP contribution in [0.15, 0.2) is 49.9 Å². The van der Waals surface area contributed by atoms with Gasteiger partial charge in [0.15, 0.2) is 5.76 Å². The number of piperidine rings is 1. The topological polar surface area (TPSA) is 72.4 Å². The SMILES string of the molecule is O=C(c1cc(Br)ccc1Cl)N1CCC(c2nnc(-c3ccco3)o2)CC1. The third kappa shape index (κ3) is 3.41. The zero-order valence-corrected chi connectivity index (χ0v) is 16.0. The molecule has 0 N–H and O–H groups in total. The summed E-state index contributed by atoms with van der Waals surface area (Å²) in [5.41, 5.74) is 0.511. The summed E-state index contributed by atoms with van der Waals surface area (Å²) in [6.07, 6.45) is 3.09. The fourth-order valence-electron chi connectivity index (χ4n) is 3.06. The number of furan rings is 1. The third-order valence-corrected chi connectivity index (χ3v) is 5.29. The molecule has 8 heteroatoms. The molecule has 1 aliphatic rings. The predicted octanol–water partition coefficient (Wildman–Crippen LogP) is 4.77. The van der Waals surface area contributed by atoms with Crippen molar-refractivity contribution in [2.45, 2.75) is 18.8 Å². The Bertz CT molecular complexity index is 918. The Morgan fingerprint density at radius 1 is 1.23 bits per heavy atom. The van der Waals surface area contributed by atoms with Crippen molar-refractivity contribution in [3.05, 3.63) is 57.5 Å². The minimum atomic E-state index is -0.0587. The van der Waals surface area contributed by atoms with E-state index in [1.807, 2.05) is 11.0 Å². The lowest BCUT2D eigenvalue weighted by atomic mass is 9.96. The summed E-state index contributed by atoms with van der Waals surface area (Å²) in [5, 5.41) is 8.64. The Kier molecular flexibility index (Phi) is 4.82. The molecule has 0 atom stereocenters. The molecule has 1 fully saturated rings. The minimum absolute atomic E-state index is 0.0587. The van der Waals surface area contributed by atoms with Crippen LogP contribution in [0.1, 0.15) is 35.0 Å². The largest absolute Gasteiger partial charge is 0.459 e. The van der Waals surface area contributed by atoms with Gasteiger partial charge in [0, 0.05) is 23.5 Å². The number of halogens is 2. The Morgan fingerprint density at radius 2 is 2.04 bits per heavy atom. The molecule has 26 heavy (non-hydrogen) atoms. The molecule has 0 aliphatic carbocycles. The van der Waals surface area contributed by atoms with Gasteiger partial charge in [0.25, 0.3) is 11.8 Å².